The van der Waals surface area contributed by atoms with Crippen LogP contribution in [0.4, 0.5) is 4.39 Å². The molecule has 4 nitrogen and oxygen atoms in total. The highest BCUT2D eigenvalue weighted by atomic mass is 32.1. The lowest BCUT2D eigenvalue weighted by Gasteiger charge is -2.38. The Morgan fingerprint density at radius 2 is 2.23 bits per heavy atom. The number of benzene rings is 1. The summed E-state index contributed by atoms with van der Waals surface area (Å²) in [6.07, 6.45) is 7.35. The van der Waals surface area contributed by atoms with E-state index in [0.29, 0.717) is 0 Å². The van der Waals surface area contributed by atoms with Gasteiger partial charge in [-0.05, 0) is 48.6 Å². The number of oxime groups is 1. The number of thiocarbonyl (C=S) groups is 1. The average molecular weight is 371 g/mol. The van der Waals surface area contributed by atoms with Crippen molar-refractivity contribution in [3.8, 4) is 0 Å². The highest BCUT2D eigenvalue weighted by Crippen LogP contribution is 2.38. The Bertz CT molecular complexity index is 797. The number of nitrogens with zero attached hydrogens (tertiary/aromatic N) is 2. The first-order valence-electron chi connectivity index (χ1n) is 8.73. The van der Waals surface area contributed by atoms with Crippen LogP contribution in [0.5, 0.6) is 0 Å². The van der Waals surface area contributed by atoms with Crippen LogP contribution in [-0.4, -0.2) is 22.7 Å². The molecule has 1 aliphatic rings. The van der Waals surface area contributed by atoms with Gasteiger partial charge in [0.25, 0.3) is 0 Å². The molecule has 3 rings (SSSR count). The van der Waals surface area contributed by atoms with Crippen LogP contribution in [0.3, 0.4) is 0 Å². The molecule has 1 fully saturated rings. The number of halogens is 1. The van der Waals surface area contributed by atoms with Crippen molar-refractivity contribution in [2.24, 2.45) is 5.16 Å². The summed E-state index contributed by atoms with van der Waals surface area (Å²) < 4.78 is 13.3. The summed E-state index contributed by atoms with van der Waals surface area (Å²) in [4.78, 5) is 10.6. The first-order valence-corrected chi connectivity index (χ1v) is 9.14. The lowest BCUT2D eigenvalue weighted by atomic mass is 9.68. The lowest BCUT2D eigenvalue weighted by Crippen LogP contribution is -2.50. The Balaban J connectivity index is 1.90. The molecule has 1 N–H and O–H groups in total. The van der Waals surface area contributed by atoms with Crippen molar-refractivity contribution >= 4 is 22.9 Å². The van der Waals surface area contributed by atoms with Crippen molar-refractivity contribution < 1.29 is 9.23 Å². The third-order valence-electron chi connectivity index (χ3n) is 4.77. The van der Waals surface area contributed by atoms with Crippen LogP contribution in [0.15, 0.2) is 53.9 Å². The number of hydrogen-bond acceptors (Lipinski definition) is 4. The Morgan fingerprint density at radius 1 is 1.35 bits per heavy atom. The summed E-state index contributed by atoms with van der Waals surface area (Å²) in [6, 6.07) is 10.3. The zero-order chi connectivity index (χ0) is 18.4. The molecule has 1 aromatic carbocycles. The number of nitrogens with one attached hydrogen (secondary N) is 1. The van der Waals surface area contributed by atoms with Gasteiger partial charge in [-0.15, -0.1) is 0 Å². The molecule has 0 spiro atoms. The van der Waals surface area contributed by atoms with Gasteiger partial charge in [0.05, 0.1) is 16.1 Å². The quantitative estimate of drug-likeness (QED) is 0.633. The summed E-state index contributed by atoms with van der Waals surface area (Å²) >= 11 is 5.68. The largest absolute Gasteiger partial charge is 0.391 e. The molecule has 26 heavy (non-hydrogen) atoms. The first kappa shape index (κ1) is 18.5. The monoisotopic (exact) mass is 371 g/mol. The standard InChI is InChI=1S/C20H22FN3OS/c1-22-19(26)20(16-7-5-11-23-13-16)10-3-2-9-18(20)24-25-14-15-6-4-8-17(21)12-15/h4-8,11-13H,2-3,9-10,14H2,1H3,(H,22,26)/b24-18-. The molecule has 1 atom stereocenters. The van der Waals surface area contributed by atoms with Crippen LogP contribution in [-0.2, 0) is 16.9 Å². The fourth-order valence-corrected chi connectivity index (χ4v) is 3.83. The summed E-state index contributed by atoms with van der Waals surface area (Å²) in [6.45, 7) is 0.219. The number of pyridine rings is 1. The van der Waals surface area contributed by atoms with Gasteiger partial charge >= 0.3 is 0 Å². The average Bonchev–Trinajstić information content (AvgIpc) is 2.68. The second kappa shape index (κ2) is 8.36. The first-order chi connectivity index (χ1) is 12.7. The highest BCUT2D eigenvalue weighted by Gasteiger charge is 2.44. The van der Waals surface area contributed by atoms with Crippen LogP contribution in [0.1, 0.15) is 36.8 Å². The molecule has 1 aromatic heterocycles. The number of rotatable bonds is 5. The van der Waals surface area contributed by atoms with E-state index in [0.717, 1.165) is 47.5 Å². The Labute approximate surface area is 158 Å². The van der Waals surface area contributed by atoms with Gasteiger partial charge in [0.2, 0.25) is 0 Å². The van der Waals surface area contributed by atoms with Gasteiger partial charge in [-0.3, -0.25) is 4.98 Å². The molecule has 1 aliphatic carbocycles. The minimum absolute atomic E-state index is 0.219. The normalized spacial score (nSPS) is 21.4. The molecule has 2 aromatic rings. The van der Waals surface area contributed by atoms with E-state index in [1.807, 2.05) is 31.4 Å². The van der Waals surface area contributed by atoms with E-state index in [1.54, 1.807) is 12.3 Å². The van der Waals surface area contributed by atoms with Crippen molar-refractivity contribution in [1.29, 1.82) is 0 Å². The number of aromatic nitrogens is 1. The van der Waals surface area contributed by atoms with E-state index in [1.165, 1.54) is 12.1 Å². The topological polar surface area (TPSA) is 46.5 Å². The van der Waals surface area contributed by atoms with E-state index in [2.05, 4.69) is 15.5 Å². The molecule has 1 heterocycles. The molecular formula is C20H22FN3OS. The molecule has 6 heteroatoms. The zero-order valence-electron chi connectivity index (χ0n) is 14.7. The number of hydrogen-bond donors (Lipinski definition) is 1. The lowest BCUT2D eigenvalue weighted by molar-refractivity contribution is 0.127. The van der Waals surface area contributed by atoms with Gasteiger partial charge in [0.15, 0.2) is 0 Å². The second-order valence-electron chi connectivity index (χ2n) is 6.37. The molecule has 0 bridgehead atoms. The van der Waals surface area contributed by atoms with E-state index in [9.17, 15) is 4.39 Å². The van der Waals surface area contributed by atoms with Gasteiger partial charge in [0.1, 0.15) is 12.4 Å². The van der Waals surface area contributed by atoms with Crippen molar-refractivity contribution in [2.45, 2.75) is 37.7 Å². The molecule has 0 aliphatic heterocycles. The third-order valence-corrected chi connectivity index (χ3v) is 5.32. The van der Waals surface area contributed by atoms with Crippen molar-refractivity contribution in [1.82, 2.24) is 10.3 Å². The molecule has 0 saturated heterocycles. The van der Waals surface area contributed by atoms with E-state index < -0.39 is 5.41 Å². The minimum Gasteiger partial charge on any atom is -0.391 e. The fraction of sp³-hybridized carbons (Fsp3) is 0.350. The SMILES string of the molecule is CNC(=S)C1(c2cccnc2)CCCC/C1=N/OCc1cccc(F)c1. The molecule has 0 amide bonds. The molecule has 1 saturated carbocycles. The van der Waals surface area contributed by atoms with Crippen LogP contribution >= 0.6 is 12.2 Å². The summed E-state index contributed by atoms with van der Waals surface area (Å²) in [7, 11) is 1.83. The third kappa shape index (κ3) is 3.75. The van der Waals surface area contributed by atoms with Crippen molar-refractivity contribution in [3.05, 3.63) is 65.7 Å². The molecular weight excluding hydrogens is 349 g/mol. The van der Waals surface area contributed by atoms with Gasteiger partial charge in [-0.25, -0.2) is 4.39 Å². The van der Waals surface area contributed by atoms with Crippen molar-refractivity contribution in [2.75, 3.05) is 7.05 Å². The summed E-state index contributed by atoms with van der Waals surface area (Å²) in [5, 5.41) is 7.58. The van der Waals surface area contributed by atoms with Crippen LogP contribution in [0.25, 0.3) is 0 Å². The Hall–Kier alpha value is -2.34. The molecule has 1 unspecified atom stereocenters. The maximum absolute atomic E-state index is 13.3. The van der Waals surface area contributed by atoms with E-state index in [-0.39, 0.29) is 12.4 Å². The summed E-state index contributed by atoms with van der Waals surface area (Å²) in [5.41, 5.74) is 2.16. The van der Waals surface area contributed by atoms with E-state index >= 15 is 0 Å². The smallest absolute Gasteiger partial charge is 0.142 e. The predicted octanol–water partition coefficient (Wildman–Crippen LogP) is 4.15. The van der Waals surface area contributed by atoms with Crippen LogP contribution < -0.4 is 5.32 Å². The van der Waals surface area contributed by atoms with Gasteiger partial charge in [-0.1, -0.05) is 42.0 Å². The Morgan fingerprint density at radius 3 is 2.96 bits per heavy atom. The highest BCUT2D eigenvalue weighted by molar-refractivity contribution is 7.80. The van der Waals surface area contributed by atoms with Gasteiger partial charge in [0, 0.05) is 19.4 Å². The van der Waals surface area contributed by atoms with Gasteiger partial charge < -0.3 is 10.2 Å². The predicted molar refractivity (Wildman–Crippen MR) is 105 cm³/mol. The molecule has 136 valence electrons. The Kier molecular flexibility index (Phi) is 5.93. The maximum Gasteiger partial charge on any atom is 0.142 e. The maximum atomic E-state index is 13.3. The zero-order valence-corrected chi connectivity index (χ0v) is 15.6. The van der Waals surface area contributed by atoms with E-state index in [4.69, 9.17) is 17.1 Å². The number of likely N-dealkylation sites (N-methyl/N-ethyl adjacent to an activating group) is 1. The fourth-order valence-electron chi connectivity index (χ4n) is 3.49. The van der Waals surface area contributed by atoms with Gasteiger partial charge in [-0.2, -0.15) is 0 Å². The van der Waals surface area contributed by atoms with Crippen LogP contribution in [0.2, 0.25) is 0 Å². The second-order valence-corrected chi connectivity index (χ2v) is 6.78. The van der Waals surface area contributed by atoms with Crippen LogP contribution in [0, 0.1) is 5.82 Å². The van der Waals surface area contributed by atoms with Crippen molar-refractivity contribution in [3.63, 3.8) is 0 Å². The summed E-state index contributed by atoms with van der Waals surface area (Å²) in [5.74, 6) is -0.280. The minimum atomic E-state index is -0.501. The molecule has 0 radical (unpaired) electrons.